The Morgan fingerprint density at radius 2 is 2.32 bits per heavy atom. The molecular formula is C14H20N2O3. The number of aliphatic hydroxyl groups is 1. The maximum Gasteiger partial charge on any atom is 0.251 e. The fourth-order valence-corrected chi connectivity index (χ4v) is 2.08. The highest BCUT2D eigenvalue weighted by Gasteiger charge is 2.12. The average molecular weight is 264 g/mol. The Morgan fingerprint density at radius 3 is 3.16 bits per heavy atom. The van der Waals surface area contributed by atoms with E-state index in [-0.39, 0.29) is 12.5 Å². The zero-order valence-electron chi connectivity index (χ0n) is 10.9. The number of carbonyl (C=O) groups is 1. The van der Waals surface area contributed by atoms with Gasteiger partial charge in [-0.15, -0.1) is 0 Å². The van der Waals surface area contributed by atoms with Gasteiger partial charge in [-0.05, 0) is 30.5 Å². The second kappa shape index (κ2) is 7.11. The Hall–Kier alpha value is -1.59. The number of rotatable bonds is 7. The van der Waals surface area contributed by atoms with Crippen molar-refractivity contribution >= 4 is 11.6 Å². The standard InChI is InChI=1S/C14H20N2O3/c17-7-9-19-8-1-5-16-14(18)12-3-2-11-4-6-15-13(11)10-12/h2-3,10,15,17H,1,4-9H2,(H,16,18). The van der Waals surface area contributed by atoms with Gasteiger partial charge >= 0.3 is 0 Å². The molecule has 3 N–H and O–H groups in total. The van der Waals surface area contributed by atoms with Gasteiger partial charge in [0.1, 0.15) is 0 Å². The summed E-state index contributed by atoms with van der Waals surface area (Å²) in [6.45, 7) is 2.46. The summed E-state index contributed by atoms with van der Waals surface area (Å²) in [5.41, 5.74) is 3.03. The van der Waals surface area contributed by atoms with Crippen LogP contribution in [0.25, 0.3) is 0 Å². The summed E-state index contributed by atoms with van der Waals surface area (Å²) in [7, 11) is 0. The number of hydrogen-bond acceptors (Lipinski definition) is 4. The summed E-state index contributed by atoms with van der Waals surface area (Å²) in [5, 5.41) is 14.7. The number of hydrogen-bond donors (Lipinski definition) is 3. The van der Waals surface area contributed by atoms with Crippen molar-refractivity contribution < 1.29 is 14.6 Å². The molecule has 1 aliphatic heterocycles. The normalized spacial score (nSPS) is 12.9. The zero-order chi connectivity index (χ0) is 13.5. The van der Waals surface area contributed by atoms with E-state index in [0.29, 0.717) is 25.3 Å². The Morgan fingerprint density at radius 1 is 1.42 bits per heavy atom. The van der Waals surface area contributed by atoms with Crippen LogP contribution >= 0.6 is 0 Å². The molecule has 0 aromatic heterocycles. The summed E-state index contributed by atoms with van der Waals surface area (Å²) in [5.74, 6) is -0.0568. The molecule has 0 atom stereocenters. The zero-order valence-corrected chi connectivity index (χ0v) is 10.9. The van der Waals surface area contributed by atoms with Crippen molar-refractivity contribution in [2.45, 2.75) is 12.8 Å². The first-order valence-corrected chi connectivity index (χ1v) is 6.65. The summed E-state index contributed by atoms with van der Waals surface area (Å²) in [4.78, 5) is 11.9. The minimum absolute atomic E-state index is 0.0362. The van der Waals surface area contributed by atoms with Crippen LogP contribution in [0, 0.1) is 0 Å². The molecule has 1 aliphatic rings. The molecule has 1 heterocycles. The lowest BCUT2D eigenvalue weighted by molar-refractivity contribution is 0.0867. The van der Waals surface area contributed by atoms with Crippen molar-refractivity contribution in [3.63, 3.8) is 0 Å². The van der Waals surface area contributed by atoms with Crippen LogP contribution in [0.15, 0.2) is 18.2 Å². The number of benzene rings is 1. The van der Waals surface area contributed by atoms with Gasteiger partial charge in [-0.1, -0.05) is 6.07 Å². The molecule has 0 saturated heterocycles. The van der Waals surface area contributed by atoms with Crippen molar-refractivity contribution in [2.75, 3.05) is 38.2 Å². The molecule has 5 nitrogen and oxygen atoms in total. The van der Waals surface area contributed by atoms with Gasteiger partial charge in [0.15, 0.2) is 0 Å². The predicted octanol–water partition coefficient (Wildman–Crippen LogP) is 0.783. The molecule has 0 unspecified atom stereocenters. The van der Waals surface area contributed by atoms with Gasteiger partial charge in [0.25, 0.3) is 5.91 Å². The minimum atomic E-state index is -0.0568. The molecule has 0 bridgehead atoms. The third-order valence-corrected chi connectivity index (χ3v) is 3.07. The van der Waals surface area contributed by atoms with E-state index in [1.54, 1.807) is 0 Å². The molecule has 0 fully saturated rings. The van der Waals surface area contributed by atoms with Crippen molar-refractivity contribution in [1.82, 2.24) is 5.32 Å². The number of amides is 1. The van der Waals surface area contributed by atoms with E-state index in [0.717, 1.165) is 25.1 Å². The Balaban J connectivity index is 1.74. The summed E-state index contributed by atoms with van der Waals surface area (Å²) < 4.78 is 5.12. The van der Waals surface area contributed by atoms with Crippen LogP contribution in [-0.2, 0) is 11.2 Å². The topological polar surface area (TPSA) is 70.6 Å². The van der Waals surface area contributed by atoms with Crippen LogP contribution in [0.1, 0.15) is 22.3 Å². The third-order valence-electron chi connectivity index (χ3n) is 3.07. The Kier molecular flexibility index (Phi) is 5.18. The highest BCUT2D eigenvalue weighted by molar-refractivity contribution is 5.95. The van der Waals surface area contributed by atoms with E-state index in [9.17, 15) is 4.79 Å². The fourth-order valence-electron chi connectivity index (χ4n) is 2.08. The molecule has 1 aromatic carbocycles. The summed E-state index contributed by atoms with van der Waals surface area (Å²) >= 11 is 0. The highest BCUT2D eigenvalue weighted by atomic mass is 16.5. The maximum atomic E-state index is 11.9. The molecule has 1 amide bonds. The van der Waals surface area contributed by atoms with Crippen molar-refractivity contribution in [3.05, 3.63) is 29.3 Å². The van der Waals surface area contributed by atoms with Gasteiger partial charge < -0.3 is 20.5 Å². The summed E-state index contributed by atoms with van der Waals surface area (Å²) in [6.07, 6.45) is 1.77. The van der Waals surface area contributed by atoms with E-state index in [4.69, 9.17) is 9.84 Å². The molecule has 0 radical (unpaired) electrons. The van der Waals surface area contributed by atoms with Crippen molar-refractivity contribution in [2.24, 2.45) is 0 Å². The number of fused-ring (bicyclic) bond motifs is 1. The number of carbonyl (C=O) groups excluding carboxylic acids is 1. The second-order valence-electron chi connectivity index (χ2n) is 4.49. The first-order chi connectivity index (χ1) is 9.31. The predicted molar refractivity (Wildman–Crippen MR) is 73.5 cm³/mol. The molecule has 1 aromatic rings. The van der Waals surface area contributed by atoms with Gasteiger partial charge in [0.2, 0.25) is 0 Å². The SMILES string of the molecule is O=C(NCCCOCCO)c1ccc2c(c1)NCC2. The minimum Gasteiger partial charge on any atom is -0.394 e. The first kappa shape index (κ1) is 13.8. The molecule has 0 saturated carbocycles. The number of ether oxygens (including phenoxy) is 1. The van der Waals surface area contributed by atoms with Gasteiger partial charge in [-0.25, -0.2) is 0 Å². The Labute approximate surface area is 113 Å². The van der Waals surface area contributed by atoms with Gasteiger partial charge in [-0.2, -0.15) is 0 Å². The Bertz CT molecular complexity index is 435. The van der Waals surface area contributed by atoms with Crippen LogP contribution in [0.2, 0.25) is 0 Å². The molecule has 2 rings (SSSR count). The number of nitrogens with one attached hydrogen (secondary N) is 2. The largest absolute Gasteiger partial charge is 0.394 e. The average Bonchev–Trinajstić information content (AvgIpc) is 2.89. The molecule has 5 heteroatoms. The second-order valence-corrected chi connectivity index (χ2v) is 4.49. The van der Waals surface area contributed by atoms with E-state index in [1.165, 1.54) is 5.56 Å². The van der Waals surface area contributed by atoms with E-state index >= 15 is 0 Å². The quantitative estimate of drug-likeness (QED) is 0.637. The van der Waals surface area contributed by atoms with E-state index < -0.39 is 0 Å². The van der Waals surface area contributed by atoms with Gasteiger partial charge in [0.05, 0.1) is 13.2 Å². The molecule has 104 valence electrons. The monoisotopic (exact) mass is 264 g/mol. The molecule has 0 spiro atoms. The lowest BCUT2D eigenvalue weighted by atomic mass is 10.1. The maximum absolute atomic E-state index is 11.9. The number of anilines is 1. The lowest BCUT2D eigenvalue weighted by Gasteiger charge is -2.07. The van der Waals surface area contributed by atoms with Crippen LogP contribution < -0.4 is 10.6 Å². The molecule has 0 aliphatic carbocycles. The number of aliphatic hydroxyl groups excluding tert-OH is 1. The van der Waals surface area contributed by atoms with Crippen LogP contribution in [-0.4, -0.2) is 43.9 Å². The third kappa shape index (κ3) is 3.94. The smallest absolute Gasteiger partial charge is 0.251 e. The van der Waals surface area contributed by atoms with E-state index in [1.807, 2.05) is 18.2 Å². The molecule has 19 heavy (non-hydrogen) atoms. The van der Waals surface area contributed by atoms with Crippen molar-refractivity contribution in [3.8, 4) is 0 Å². The molecular weight excluding hydrogens is 244 g/mol. The van der Waals surface area contributed by atoms with Crippen LogP contribution in [0.4, 0.5) is 5.69 Å². The summed E-state index contributed by atoms with van der Waals surface area (Å²) in [6, 6.07) is 5.78. The highest BCUT2D eigenvalue weighted by Crippen LogP contribution is 2.22. The van der Waals surface area contributed by atoms with Crippen molar-refractivity contribution in [1.29, 1.82) is 0 Å². The van der Waals surface area contributed by atoms with E-state index in [2.05, 4.69) is 10.6 Å². The van der Waals surface area contributed by atoms with Crippen LogP contribution in [0.3, 0.4) is 0 Å². The first-order valence-electron chi connectivity index (χ1n) is 6.65. The van der Waals surface area contributed by atoms with Gasteiger partial charge in [0, 0.05) is 30.9 Å². The van der Waals surface area contributed by atoms with Crippen LogP contribution in [0.5, 0.6) is 0 Å². The van der Waals surface area contributed by atoms with Gasteiger partial charge in [-0.3, -0.25) is 4.79 Å². The fraction of sp³-hybridized carbons (Fsp3) is 0.500. The lowest BCUT2D eigenvalue weighted by Crippen LogP contribution is -2.25.